The van der Waals surface area contributed by atoms with Crippen LogP contribution in [0, 0.1) is 5.82 Å². The van der Waals surface area contributed by atoms with Gasteiger partial charge in [-0.1, -0.05) is 12.1 Å². The lowest BCUT2D eigenvalue weighted by molar-refractivity contribution is -0.0480. The minimum atomic E-state index is -0.759. The maximum absolute atomic E-state index is 14.0. The summed E-state index contributed by atoms with van der Waals surface area (Å²) in [5.41, 5.74) is 0.392. The number of piperazine rings is 3. The van der Waals surface area contributed by atoms with Crippen molar-refractivity contribution in [2.75, 3.05) is 32.7 Å². The Bertz CT molecular complexity index is 449. The van der Waals surface area contributed by atoms with Gasteiger partial charge in [0.15, 0.2) is 0 Å². The number of hydrogen-bond acceptors (Lipinski definition) is 3. The molecule has 0 aromatic heterocycles. The summed E-state index contributed by atoms with van der Waals surface area (Å²) in [6.07, 6.45) is -0.759. The van der Waals surface area contributed by atoms with Gasteiger partial charge >= 0.3 is 0 Å². The first-order chi connectivity index (χ1) is 8.66. The quantitative estimate of drug-likeness (QED) is 0.898. The Balaban J connectivity index is 1.86. The molecule has 0 saturated carbocycles. The highest BCUT2D eigenvalue weighted by Gasteiger charge is 2.37. The molecule has 0 amide bonds. The van der Waals surface area contributed by atoms with Crippen molar-refractivity contribution >= 4 is 15.9 Å². The first-order valence-corrected chi connectivity index (χ1v) is 7.04. The van der Waals surface area contributed by atoms with Crippen molar-refractivity contribution in [2.45, 2.75) is 12.1 Å². The van der Waals surface area contributed by atoms with Crippen molar-refractivity contribution in [3.63, 3.8) is 0 Å². The monoisotopic (exact) mass is 314 g/mol. The second-order valence-electron chi connectivity index (χ2n) is 4.99. The standard InChI is InChI=1S/C13H16BrFN2O/c14-10-3-1-2-9(12(10)15)13(18)11-8-16-4-6-17(11)7-5-16/h1-3,11,13,18H,4-8H2. The van der Waals surface area contributed by atoms with Crippen LogP contribution in [0.25, 0.3) is 0 Å². The van der Waals surface area contributed by atoms with Gasteiger partial charge in [0, 0.05) is 38.3 Å². The summed E-state index contributed by atoms with van der Waals surface area (Å²) in [6, 6.07) is 5.10. The van der Waals surface area contributed by atoms with Gasteiger partial charge in [-0.2, -0.15) is 0 Å². The molecule has 0 aliphatic carbocycles. The SMILES string of the molecule is OC(c1cccc(Br)c1F)C1CN2CCN1CC2. The predicted molar refractivity (Wildman–Crippen MR) is 70.9 cm³/mol. The highest BCUT2D eigenvalue weighted by atomic mass is 79.9. The number of benzene rings is 1. The molecule has 18 heavy (non-hydrogen) atoms. The molecule has 5 heteroatoms. The van der Waals surface area contributed by atoms with Crippen LogP contribution in [0.3, 0.4) is 0 Å². The molecule has 0 spiro atoms. The van der Waals surface area contributed by atoms with Crippen LogP contribution in [-0.2, 0) is 0 Å². The molecule has 1 aromatic carbocycles. The van der Waals surface area contributed by atoms with E-state index in [-0.39, 0.29) is 11.9 Å². The van der Waals surface area contributed by atoms with Crippen molar-refractivity contribution in [3.8, 4) is 0 Å². The zero-order chi connectivity index (χ0) is 12.7. The van der Waals surface area contributed by atoms with Crippen molar-refractivity contribution in [3.05, 3.63) is 34.1 Å². The summed E-state index contributed by atoms with van der Waals surface area (Å²) in [5.74, 6) is -0.345. The molecule has 3 saturated heterocycles. The van der Waals surface area contributed by atoms with Gasteiger partial charge in [0.05, 0.1) is 16.6 Å². The fourth-order valence-electron chi connectivity index (χ4n) is 2.91. The highest BCUT2D eigenvalue weighted by Crippen LogP contribution is 2.30. The summed E-state index contributed by atoms with van der Waals surface area (Å²) in [6.45, 7) is 4.89. The first-order valence-electron chi connectivity index (χ1n) is 6.25. The average Bonchev–Trinajstić information content (AvgIpc) is 2.42. The zero-order valence-electron chi connectivity index (χ0n) is 10.0. The van der Waals surface area contributed by atoms with E-state index in [1.165, 1.54) is 0 Å². The topological polar surface area (TPSA) is 26.7 Å². The van der Waals surface area contributed by atoms with Gasteiger partial charge in [-0.3, -0.25) is 9.80 Å². The Morgan fingerprint density at radius 2 is 2.00 bits per heavy atom. The summed E-state index contributed by atoms with van der Waals surface area (Å²) in [4.78, 5) is 4.61. The van der Waals surface area contributed by atoms with E-state index in [0.29, 0.717) is 10.0 Å². The van der Waals surface area contributed by atoms with E-state index in [9.17, 15) is 9.50 Å². The van der Waals surface area contributed by atoms with Gasteiger partial charge in [0.2, 0.25) is 0 Å². The average molecular weight is 315 g/mol. The minimum Gasteiger partial charge on any atom is -0.387 e. The van der Waals surface area contributed by atoms with Crippen molar-refractivity contribution < 1.29 is 9.50 Å². The Kier molecular flexibility index (Phi) is 3.40. The van der Waals surface area contributed by atoms with Crippen molar-refractivity contribution in [1.82, 2.24) is 9.80 Å². The van der Waals surface area contributed by atoms with Crippen LogP contribution in [0.5, 0.6) is 0 Å². The number of aliphatic hydroxyl groups is 1. The molecule has 3 aliphatic rings. The van der Waals surface area contributed by atoms with Crippen LogP contribution >= 0.6 is 15.9 Å². The van der Waals surface area contributed by atoms with E-state index in [1.54, 1.807) is 18.2 Å². The number of halogens is 2. The Labute approximate surface area is 114 Å². The van der Waals surface area contributed by atoms with Gasteiger partial charge in [0.25, 0.3) is 0 Å². The fourth-order valence-corrected chi connectivity index (χ4v) is 3.29. The molecule has 1 aromatic rings. The summed E-state index contributed by atoms with van der Waals surface area (Å²) >= 11 is 3.17. The van der Waals surface area contributed by atoms with E-state index in [4.69, 9.17) is 0 Å². The fraction of sp³-hybridized carbons (Fsp3) is 0.538. The molecular weight excluding hydrogens is 299 g/mol. The molecule has 98 valence electrons. The normalized spacial score (nSPS) is 32.5. The third kappa shape index (κ3) is 2.09. The summed E-state index contributed by atoms with van der Waals surface area (Å²) in [5, 5.41) is 10.4. The van der Waals surface area contributed by atoms with Crippen LogP contribution in [0.15, 0.2) is 22.7 Å². The smallest absolute Gasteiger partial charge is 0.143 e. The van der Waals surface area contributed by atoms with Gasteiger partial charge in [-0.15, -0.1) is 0 Å². The van der Waals surface area contributed by atoms with E-state index < -0.39 is 6.10 Å². The molecule has 2 atom stereocenters. The zero-order valence-corrected chi connectivity index (χ0v) is 11.6. The van der Waals surface area contributed by atoms with E-state index in [1.807, 2.05) is 0 Å². The van der Waals surface area contributed by atoms with Crippen molar-refractivity contribution in [1.29, 1.82) is 0 Å². The molecule has 2 bridgehead atoms. The predicted octanol–water partition coefficient (Wildman–Crippen LogP) is 1.62. The molecule has 3 aliphatic heterocycles. The van der Waals surface area contributed by atoms with Crippen LogP contribution in [0.2, 0.25) is 0 Å². The van der Waals surface area contributed by atoms with E-state index in [0.717, 1.165) is 32.7 Å². The molecule has 4 rings (SSSR count). The largest absolute Gasteiger partial charge is 0.387 e. The molecule has 3 fully saturated rings. The molecule has 3 nitrogen and oxygen atoms in total. The van der Waals surface area contributed by atoms with Crippen LogP contribution in [-0.4, -0.2) is 53.7 Å². The number of nitrogens with zero attached hydrogens (tertiary/aromatic N) is 2. The van der Waals surface area contributed by atoms with E-state index >= 15 is 0 Å². The minimum absolute atomic E-state index is 0.0105. The molecule has 3 heterocycles. The van der Waals surface area contributed by atoms with Crippen molar-refractivity contribution in [2.24, 2.45) is 0 Å². The lowest BCUT2D eigenvalue weighted by Crippen LogP contribution is -2.62. The number of aliphatic hydroxyl groups excluding tert-OH is 1. The van der Waals surface area contributed by atoms with Gasteiger partial charge in [-0.25, -0.2) is 4.39 Å². The molecule has 0 radical (unpaired) electrons. The Morgan fingerprint density at radius 1 is 1.28 bits per heavy atom. The lowest BCUT2D eigenvalue weighted by atomic mass is 9.96. The Morgan fingerprint density at radius 3 is 2.61 bits per heavy atom. The van der Waals surface area contributed by atoms with Crippen LogP contribution in [0.4, 0.5) is 4.39 Å². The maximum Gasteiger partial charge on any atom is 0.143 e. The summed E-state index contributed by atoms with van der Waals surface area (Å²) < 4.78 is 14.4. The third-order valence-electron chi connectivity index (χ3n) is 3.99. The van der Waals surface area contributed by atoms with Gasteiger partial charge in [0.1, 0.15) is 5.82 Å². The highest BCUT2D eigenvalue weighted by molar-refractivity contribution is 9.10. The van der Waals surface area contributed by atoms with Gasteiger partial charge in [-0.05, 0) is 22.0 Å². The van der Waals surface area contributed by atoms with E-state index in [2.05, 4.69) is 25.7 Å². The Hall–Kier alpha value is -0.490. The second kappa shape index (κ2) is 4.89. The van der Waals surface area contributed by atoms with Gasteiger partial charge < -0.3 is 5.11 Å². The molecular formula is C13H16BrFN2O. The van der Waals surface area contributed by atoms with Crippen LogP contribution < -0.4 is 0 Å². The molecule has 2 unspecified atom stereocenters. The number of rotatable bonds is 2. The number of hydrogen-bond donors (Lipinski definition) is 1. The first kappa shape index (κ1) is 12.5. The number of fused-ring (bicyclic) bond motifs is 3. The molecule has 1 N–H and O–H groups in total. The van der Waals surface area contributed by atoms with Crippen LogP contribution in [0.1, 0.15) is 11.7 Å². The maximum atomic E-state index is 14.0. The second-order valence-corrected chi connectivity index (χ2v) is 5.85. The lowest BCUT2D eigenvalue weighted by Gasteiger charge is -2.49. The third-order valence-corrected chi connectivity index (χ3v) is 4.60. The summed E-state index contributed by atoms with van der Waals surface area (Å²) in [7, 11) is 0.